The molecule has 2 rings (SSSR count). The van der Waals surface area contributed by atoms with Crippen molar-refractivity contribution in [2.75, 3.05) is 6.61 Å². The molecule has 0 spiro atoms. The number of hydrogen-bond donors (Lipinski definition) is 1. The molecule has 0 bridgehead atoms. The normalized spacial score (nSPS) is 11.8. The lowest BCUT2D eigenvalue weighted by atomic mass is 10.2. The van der Waals surface area contributed by atoms with Gasteiger partial charge in [-0.05, 0) is 29.8 Å². The van der Waals surface area contributed by atoms with Gasteiger partial charge in [0.25, 0.3) is 0 Å². The van der Waals surface area contributed by atoms with Crippen LogP contribution in [-0.4, -0.2) is 21.5 Å². The minimum absolute atomic E-state index is 0.549. The predicted octanol–water partition coefficient (Wildman–Crippen LogP) is 2.17. The number of aromatic nitrogens is 2. The maximum atomic E-state index is 12.8. The van der Waals surface area contributed by atoms with Crippen molar-refractivity contribution in [3.8, 4) is 5.69 Å². The summed E-state index contributed by atoms with van der Waals surface area (Å²) < 4.78 is 14.5. The Bertz CT molecular complexity index is 474. The van der Waals surface area contributed by atoms with E-state index < -0.39 is 12.4 Å². The third kappa shape index (κ3) is 2.35. The van der Waals surface area contributed by atoms with Crippen LogP contribution in [0, 0.1) is 0 Å². The largest absolute Gasteiger partial charge is 0.389 e. The lowest BCUT2D eigenvalue weighted by Gasteiger charge is -2.01. The Hall–Kier alpha value is -1.94. The van der Waals surface area contributed by atoms with E-state index in [9.17, 15) is 4.39 Å². The zero-order valence-electron chi connectivity index (χ0n) is 8.55. The summed E-state index contributed by atoms with van der Waals surface area (Å²) in [4.78, 5) is 0. The number of hydrogen-bond acceptors (Lipinski definition) is 2. The van der Waals surface area contributed by atoms with E-state index in [4.69, 9.17) is 5.11 Å². The predicted molar refractivity (Wildman–Crippen MR) is 59.7 cm³/mol. The molecule has 4 heteroatoms. The van der Waals surface area contributed by atoms with Crippen LogP contribution in [0.4, 0.5) is 4.39 Å². The minimum atomic E-state index is -0.569. The summed E-state index contributed by atoms with van der Waals surface area (Å²) >= 11 is 0. The average Bonchev–Trinajstić information content (AvgIpc) is 2.83. The van der Waals surface area contributed by atoms with Crippen LogP contribution < -0.4 is 0 Å². The first-order chi connectivity index (χ1) is 7.79. The van der Waals surface area contributed by atoms with Crippen LogP contribution in [-0.2, 0) is 0 Å². The molecule has 0 amide bonds. The molecule has 82 valence electrons. The fraction of sp³-hybridized carbons (Fsp3) is 0.0833. The zero-order chi connectivity index (χ0) is 11.4. The molecule has 0 aliphatic carbocycles. The maximum Gasteiger partial charge on any atom is 0.126 e. The molecule has 0 aliphatic rings. The van der Waals surface area contributed by atoms with Crippen LogP contribution in [0.3, 0.4) is 0 Å². The second kappa shape index (κ2) is 4.72. The van der Waals surface area contributed by atoms with Crippen molar-refractivity contribution in [2.45, 2.75) is 0 Å². The third-order valence-electron chi connectivity index (χ3n) is 2.14. The van der Waals surface area contributed by atoms with E-state index in [0.29, 0.717) is 5.56 Å². The summed E-state index contributed by atoms with van der Waals surface area (Å²) in [5, 5.41) is 12.6. The van der Waals surface area contributed by atoms with Gasteiger partial charge in [-0.3, -0.25) is 0 Å². The average molecular weight is 218 g/mol. The van der Waals surface area contributed by atoms with Crippen molar-refractivity contribution < 1.29 is 9.50 Å². The number of aliphatic hydroxyl groups is 1. The Kier molecular flexibility index (Phi) is 3.12. The van der Waals surface area contributed by atoms with Gasteiger partial charge in [-0.2, -0.15) is 5.10 Å². The number of halogens is 1. The Morgan fingerprint density at radius 2 is 2.12 bits per heavy atom. The highest BCUT2D eigenvalue weighted by Crippen LogP contribution is 2.11. The quantitative estimate of drug-likeness (QED) is 0.857. The first-order valence-corrected chi connectivity index (χ1v) is 4.86. The molecule has 1 heterocycles. The monoisotopic (exact) mass is 218 g/mol. The van der Waals surface area contributed by atoms with E-state index in [0.717, 1.165) is 5.69 Å². The van der Waals surface area contributed by atoms with Crippen LogP contribution in [0.15, 0.2) is 48.6 Å². The van der Waals surface area contributed by atoms with Crippen molar-refractivity contribution in [1.82, 2.24) is 9.78 Å². The number of nitrogens with zero attached hydrogens (tertiary/aromatic N) is 2. The van der Waals surface area contributed by atoms with Crippen molar-refractivity contribution in [2.24, 2.45) is 0 Å². The fourth-order valence-corrected chi connectivity index (χ4v) is 1.37. The molecule has 0 atom stereocenters. The van der Waals surface area contributed by atoms with Gasteiger partial charge in [-0.25, -0.2) is 9.07 Å². The van der Waals surface area contributed by atoms with Gasteiger partial charge in [0.15, 0.2) is 0 Å². The summed E-state index contributed by atoms with van der Waals surface area (Å²) in [5.74, 6) is -0.549. The minimum Gasteiger partial charge on any atom is -0.389 e. The highest BCUT2D eigenvalue weighted by molar-refractivity contribution is 5.53. The van der Waals surface area contributed by atoms with Crippen LogP contribution in [0.5, 0.6) is 0 Å². The van der Waals surface area contributed by atoms with Crippen molar-refractivity contribution in [3.63, 3.8) is 0 Å². The topological polar surface area (TPSA) is 38.0 Å². The third-order valence-corrected chi connectivity index (χ3v) is 2.14. The van der Waals surface area contributed by atoms with Gasteiger partial charge in [0.2, 0.25) is 0 Å². The molecule has 1 N–H and O–H groups in total. The number of aliphatic hydroxyl groups excluding tert-OH is 1. The molecule has 0 saturated carbocycles. The second-order valence-corrected chi connectivity index (χ2v) is 3.29. The Labute approximate surface area is 92.5 Å². The lowest BCUT2D eigenvalue weighted by Crippen LogP contribution is -1.93. The van der Waals surface area contributed by atoms with Gasteiger partial charge >= 0.3 is 0 Å². The summed E-state index contributed by atoms with van der Waals surface area (Å²) in [6.07, 6.45) is 4.82. The molecule has 0 aliphatic heterocycles. The summed E-state index contributed by atoms with van der Waals surface area (Å²) in [7, 11) is 0. The van der Waals surface area contributed by atoms with Crippen LogP contribution >= 0.6 is 0 Å². The van der Waals surface area contributed by atoms with Crippen LogP contribution in [0.2, 0.25) is 0 Å². The molecule has 1 aromatic carbocycles. The van der Waals surface area contributed by atoms with Crippen molar-refractivity contribution in [1.29, 1.82) is 0 Å². The smallest absolute Gasteiger partial charge is 0.126 e. The van der Waals surface area contributed by atoms with E-state index >= 15 is 0 Å². The van der Waals surface area contributed by atoms with E-state index in [-0.39, 0.29) is 0 Å². The molecule has 0 radical (unpaired) electrons. The first-order valence-electron chi connectivity index (χ1n) is 4.86. The molecule has 2 aromatic rings. The van der Waals surface area contributed by atoms with Gasteiger partial charge in [-0.1, -0.05) is 12.1 Å². The Balaban J connectivity index is 2.23. The molecule has 3 nitrogen and oxygen atoms in total. The highest BCUT2D eigenvalue weighted by Gasteiger charge is 1.97. The van der Waals surface area contributed by atoms with Crippen LogP contribution in [0.25, 0.3) is 11.8 Å². The van der Waals surface area contributed by atoms with E-state index in [2.05, 4.69) is 5.10 Å². The SMILES string of the molecule is OC/C(F)=C\c1ccc(-n2cccn2)cc1. The second-order valence-electron chi connectivity index (χ2n) is 3.29. The molecule has 1 aromatic heterocycles. The molecular weight excluding hydrogens is 207 g/mol. The molecule has 0 fully saturated rings. The van der Waals surface area contributed by atoms with Crippen molar-refractivity contribution in [3.05, 3.63) is 54.1 Å². The van der Waals surface area contributed by atoms with Gasteiger partial charge < -0.3 is 5.11 Å². The number of benzene rings is 1. The zero-order valence-corrected chi connectivity index (χ0v) is 8.55. The molecule has 16 heavy (non-hydrogen) atoms. The van der Waals surface area contributed by atoms with Crippen molar-refractivity contribution >= 4 is 6.08 Å². The summed E-state index contributed by atoms with van der Waals surface area (Å²) in [5.41, 5.74) is 1.62. The first kappa shape index (κ1) is 10.6. The fourth-order valence-electron chi connectivity index (χ4n) is 1.37. The summed E-state index contributed by atoms with van der Waals surface area (Å²) in [6.45, 7) is -0.569. The van der Waals surface area contributed by atoms with E-state index in [1.165, 1.54) is 6.08 Å². The molecular formula is C12H11FN2O. The standard InChI is InChI=1S/C12H11FN2O/c13-11(9-16)8-10-2-4-12(5-3-10)15-7-1-6-14-15/h1-8,16H,9H2/b11-8+. The lowest BCUT2D eigenvalue weighted by molar-refractivity contribution is 0.300. The number of rotatable bonds is 3. The highest BCUT2D eigenvalue weighted by atomic mass is 19.1. The Morgan fingerprint density at radius 1 is 1.38 bits per heavy atom. The van der Waals surface area contributed by atoms with Gasteiger partial charge in [0, 0.05) is 12.4 Å². The van der Waals surface area contributed by atoms with Gasteiger partial charge in [0.05, 0.1) is 12.3 Å². The maximum absolute atomic E-state index is 12.8. The molecule has 0 unspecified atom stereocenters. The summed E-state index contributed by atoms with van der Waals surface area (Å²) in [6, 6.07) is 9.05. The Morgan fingerprint density at radius 3 is 2.69 bits per heavy atom. The van der Waals surface area contributed by atoms with E-state index in [1.54, 1.807) is 23.0 Å². The van der Waals surface area contributed by atoms with Gasteiger partial charge in [0.1, 0.15) is 5.83 Å². The molecule has 0 saturated heterocycles. The van der Waals surface area contributed by atoms with E-state index in [1.807, 2.05) is 24.4 Å². The van der Waals surface area contributed by atoms with Crippen LogP contribution in [0.1, 0.15) is 5.56 Å². The van der Waals surface area contributed by atoms with Gasteiger partial charge in [-0.15, -0.1) is 0 Å².